The molecule has 0 aliphatic carbocycles. The van der Waals surface area contributed by atoms with E-state index in [1.165, 1.54) is 20.2 Å². The second-order valence-corrected chi connectivity index (χ2v) is 8.15. The molecule has 0 amide bonds. The van der Waals surface area contributed by atoms with Gasteiger partial charge in [0.15, 0.2) is 18.1 Å². The zero-order valence-electron chi connectivity index (χ0n) is 19.7. The fourth-order valence-electron chi connectivity index (χ4n) is 3.15. The van der Waals surface area contributed by atoms with E-state index in [-0.39, 0.29) is 18.3 Å². The molecule has 11 heteroatoms. The highest BCUT2D eigenvalue weighted by molar-refractivity contribution is 6.32. The van der Waals surface area contributed by atoms with E-state index in [0.29, 0.717) is 28.7 Å². The number of ketones is 1. The number of nitrogen functional groups attached to an aromatic ring is 1. The summed E-state index contributed by atoms with van der Waals surface area (Å²) in [5, 5.41) is 0.291. The molecule has 2 N–H and O–H groups in total. The van der Waals surface area contributed by atoms with Gasteiger partial charge in [-0.05, 0) is 36.6 Å². The molecule has 0 aliphatic rings. The number of ether oxygens (including phenoxy) is 3. The Morgan fingerprint density at radius 1 is 1.24 bits per heavy atom. The average molecular weight is 494 g/mol. The van der Waals surface area contributed by atoms with Crippen molar-refractivity contribution < 1.29 is 23.8 Å². The van der Waals surface area contributed by atoms with Crippen LogP contribution in [0.3, 0.4) is 0 Å². The molecule has 0 radical (unpaired) electrons. The quantitative estimate of drug-likeness (QED) is 0.303. The number of nitrogens with two attached hydrogens (primary N) is 1. The van der Waals surface area contributed by atoms with Gasteiger partial charge in [0.05, 0.1) is 18.7 Å². The first-order chi connectivity index (χ1) is 16.0. The summed E-state index contributed by atoms with van der Waals surface area (Å²) in [7, 11) is 2.71. The molecule has 0 unspecified atom stereocenters. The van der Waals surface area contributed by atoms with Gasteiger partial charge in [0.1, 0.15) is 11.4 Å². The molecular formula is C23H28ClN3O7. The predicted octanol–water partition coefficient (Wildman–Crippen LogP) is 2.29. The number of halogens is 1. The van der Waals surface area contributed by atoms with Gasteiger partial charge in [0.2, 0.25) is 5.78 Å². The molecule has 0 bridgehead atoms. The highest BCUT2D eigenvalue weighted by atomic mass is 35.5. The Labute approximate surface area is 201 Å². The molecule has 0 aliphatic heterocycles. The highest BCUT2D eigenvalue weighted by Crippen LogP contribution is 2.36. The largest absolute Gasteiger partial charge is 0.491 e. The third-order valence-corrected chi connectivity index (χ3v) is 4.98. The smallest absolute Gasteiger partial charge is 0.332 e. The van der Waals surface area contributed by atoms with Crippen LogP contribution in [-0.2, 0) is 23.1 Å². The molecular weight excluding hydrogens is 466 g/mol. The maximum atomic E-state index is 12.6. The normalized spacial score (nSPS) is 11.1. The number of anilines is 1. The second kappa shape index (κ2) is 11.6. The number of aromatic nitrogens is 2. The average Bonchev–Trinajstić information content (AvgIpc) is 2.78. The minimum atomic E-state index is -0.851. The minimum absolute atomic E-state index is 0.0399. The number of nitrogens with zero attached hydrogens (tertiary/aromatic N) is 2. The summed E-state index contributed by atoms with van der Waals surface area (Å²) < 4.78 is 17.6. The number of Topliss-reactive ketones (excluding diaryl/α,β-unsaturated/α-hetero) is 1. The van der Waals surface area contributed by atoms with Gasteiger partial charge in [-0.3, -0.25) is 18.7 Å². The molecule has 2 aromatic rings. The van der Waals surface area contributed by atoms with E-state index in [1.54, 1.807) is 19.1 Å². The first-order valence-electron chi connectivity index (χ1n) is 10.5. The van der Waals surface area contributed by atoms with Crippen molar-refractivity contribution in [2.45, 2.75) is 27.3 Å². The van der Waals surface area contributed by atoms with Crippen molar-refractivity contribution in [3.05, 3.63) is 55.2 Å². The van der Waals surface area contributed by atoms with Crippen LogP contribution in [0.15, 0.2) is 27.8 Å². The van der Waals surface area contributed by atoms with Gasteiger partial charge in [-0.15, -0.1) is 0 Å². The van der Waals surface area contributed by atoms with Crippen LogP contribution in [0.2, 0.25) is 5.02 Å². The Kier molecular flexibility index (Phi) is 9.08. The van der Waals surface area contributed by atoms with Crippen molar-refractivity contribution in [2.75, 3.05) is 26.1 Å². The zero-order valence-corrected chi connectivity index (χ0v) is 20.5. The maximum Gasteiger partial charge on any atom is 0.332 e. The number of rotatable bonds is 10. The van der Waals surface area contributed by atoms with E-state index in [4.69, 9.17) is 31.5 Å². The summed E-state index contributed by atoms with van der Waals surface area (Å²) in [4.78, 5) is 49.6. The molecule has 34 heavy (non-hydrogen) atoms. The Morgan fingerprint density at radius 3 is 2.50 bits per heavy atom. The lowest BCUT2D eigenvalue weighted by Crippen LogP contribution is -2.43. The number of hydrogen-bond acceptors (Lipinski definition) is 8. The van der Waals surface area contributed by atoms with Crippen LogP contribution in [-0.4, -0.2) is 41.2 Å². The zero-order chi connectivity index (χ0) is 25.6. The van der Waals surface area contributed by atoms with E-state index >= 15 is 0 Å². The maximum absolute atomic E-state index is 12.6. The minimum Gasteiger partial charge on any atom is -0.491 e. The van der Waals surface area contributed by atoms with Crippen molar-refractivity contribution in [1.29, 1.82) is 0 Å². The topological polar surface area (TPSA) is 132 Å². The van der Waals surface area contributed by atoms with Crippen LogP contribution in [0.4, 0.5) is 5.82 Å². The van der Waals surface area contributed by atoms with Crippen molar-refractivity contribution in [3.63, 3.8) is 0 Å². The molecule has 184 valence electrons. The second-order valence-electron chi connectivity index (χ2n) is 7.74. The molecule has 10 nitrogen and oxygen atoms in total. The van der Waals surface area contributed by atoms with E-state index in [0.717, 1.165) is 15.2 Å². The van der Waals surface area contributed by atoms with Crippen molar-refractivity contribution >= 4 is 35.2 Å². The standard InChI is InChI=1S/C23H28ClN3O7/c1-6-33-17-10-14(9-15(24)20(17)32-5)7-8-18(29)34-12-16(28)19-21(25)27(11-13(2)3)23(31)26(4)22(19)30/h7-10,13H,6,11-12,25H2,1-5H3/b8-7+. The number of hydrogen-bond donors (Lipinski definition) is 1. The van der Waals surface area contributed by atoms with Gasteiger partial charge >= 0.3 is 11.7 Å². The molecule has 0 atom stereocenters. The third-order valence-electron chi connectivity index (χ3n) is 4.70. The van der Waals surface area contributed by atoms with E-state index in [9.17, 15) is 19.2 Å². The summed E-state index contributed by atoms with van der Waals surface area (Å²) >= 11 is 6.19. The lowest BCUT2D eigenvalue weighted by Gasteiger charge is -2.16. The van der Waals surface area contributed by atoms with Crippen LogP contribution in [0.25, 0.3) is 6.08 Å². The van der Waals surface area contributed by atoms with E-state index in [1.807, 2.05) is 13.8 Å². The van der Waals surface area contributed by atoms with Crippen LogP contribution in [0.1, 0.15) is 36.7 Å². The number of esters is 1. The monoisotopic (exact) mass is 493 g/mol. The van der Waals surface area contributed by atoms with Crippen LogP contribution >= 0.6 is 11.6 Å². The van der Waals surface area contributed by atoms with Gasteiger partial charge < -0.3 is 19.9 Å². The summed E-state index contributed by atoms with van der Waals surface area (Å²) in [5.41, 5.74) is 4.62. The van der Waals surface area contributed by atoms with Gasteiger partial charge in [-0.2, -0.15) is 0 Å². The summed E-state index contributed by atoms with van der Waals surface area (Å²) in [6.45, 7) is 5.40. The van der Waals surface area contributed by atoms with Crippen molar-refractivity contribution in [1.82, 2.24) is 9.13 Å². The van der Waals surface area contributed by atoms with Crippen LogP contribution < -0.4 is 26.5 Å². The molecule has 2 rings (SSSR count). The van der Waals surface area contributed by atoms with Gasteiger partial charge in [-0.25, -0.2) is 9.59 Å². The predicted molar refractivity (Wildman–Crippen MR) is 129 cm³/mol. The Hall–Kier alpha value is -3.53. The van der Waals surface area contributed by atoms with Crippen LogP contribution in [0.5, 0.6) is 11.5 Å². The Morgan fingerprint density at radius 2 is 1.91 bits per heavy atom. The van der Waals surface area contributed by atoms with Crippen molar-refractivity contribution in [3.8, 4) is 11.5 Å². The first-order valence-corrected chi connectivity index (χ1v) is 10.9. The number of methoxy groups -OCH3 is 1. The van der Waals surface area contributed by atoms with Gasteiger partial charge in [0.25, 0.3) is 5.56 Å². The number of carbonyl (C=O) groups excluding carboxylic acids is 2. The molecule has 1 aromatic carbocycles. The molecule has 0 saturated carbocycles. The first kappa shape index (κ1) is 26.7. The molecule has 1 aromatic heterocycles. The lowest BCUT2D eigenvalue weighted by atomic mass is 10.1. The molecule has 0 spiro atoms. The molecule has 0 fully saturated rings. The number of carbonyl (C=O) groups is 2. The summed E-state index contributed by atoms with van der Waals surface area (Å²) in [6.07, 6.45) is 2.53. The number of benzene rings is 1. The lowest BCUT2D eigenvalue weighted by molar-refractivity contribution is -0.136. The fourth-order valence-corrected chi connectivity index (χ4v) is 3.45. The summed E-state index contributed by atoms with van der Waals surface area (Å²) in [6, 6.07) is 3.20. The third kappa shape index (κ3) is 6.07. The van der Waals surface area contributed by atoms with Gasteiger partial charge in [-0.1, -0.05) is 25.4 Å². The van der Waals surface area contributed by atoms with E-state index in [2.05, 4.69) is 0 Å². The van der Waals surface area contributed by atoms with E-state index < -0.39 is 35.2 Å². The SMILES string of the molecule is CCOc1cc(/C=C/C(=O)OCC(=O)c2c(N)n(CC(C)C)c(=O)n(C)c2=O)cc(Cl)c1OC. The fraction of sp³-hybridized carbons (Fsp3) is 0.391. The molecule has 1 heterocycles. The molecule has 0 saturated heterocycles. The Balaban J connectivity index is 2.20. The highest BCUT2D eigenvalue weighted by Gasteiger charge is 2.22. The Bertz CT molecular complexity index is 1230. The van der Waals surface area contributed by atoms with Crippen LogP contribution in [0, 0.1) is 5.92 Å². The van der Waals surface area contributed by atoms with Crippen molar-refractivity contribution in [2.24, 2.45) is 13.0 Å². The van der Waals surface area contributed by atoms with Gasteiger partial charge in [0, 0.05) is 19.7 Å². The summed E-state index contributed by atoms with van der Waals surface area (Å²) in [5.74, 6) is -1.09.